The van der Waals surface area contributed by atoms with E-state index in [1.807, 2.05) is 49.4 Å². The van der Waals surface area contributed by atoms with Gasteiger partial charge in [0.25, 0.3) is 0 Å². The molecule has 0 aliphatic rings. The molecule has 3 nitrogen and oxygen atoms in total. The lowest BCUT2D eigenvalue weighted by atomic mass is 10.2. The van der Waals surface area contributed by atoms with Crippen molar-refractivity contribution in [3.05, 3.63) is 64.7 Å². The number of hydrogen-bond donors (Lipinski definition) is 2. The van der Waals surface area contributed by atoms with Crippen LogP contribution in [0.4, 0.5) is 10.5 Å². The maximum atomic E-state index is 11.7. The van der Waals surface area contributed by atoms with Gasteiger partial charge in [0.2, 0.25) is 0 Å². The Labute approximate surface area is 117 Å². The van der Waals surface area contributed by atoms with Crippen LogP contribution in [-0.2, 0) is 6.54 Å². The summed E-state index contributed by atoms with van der Waals surface area (Å²) in [5.41, 5.74) is 2.72. The lowest BCUT2D eigenvalue weighted by molar-refractivity contribution is 0.251. The molecule has 0 aliphatic carbocycles. The smallest absolute Gasteiger partial charge is 0.319 e. The average Bonchev–Trinajstić information content (AvgIpc) is 2.42. The molecule has 0 saturated heterocycles. The van der Waals surface area contributed by atoms with Crippen molar-refractivity contribution < 1.29 is 4.79 Å². The summed E-state index contributed by atoms with van der Waals surface area (Å²) in [4.78, 5) is 11.7. The van der Waals surface area contributed by atoms with E-state index in [0.29, 0.717) is 17.3 Å². The van der Waals surface area contributed by atoms with Crippen molar-refractivity contribution in [3.8, 4) is 0 Å². The van der Waals surface area contributed by atoms with E-state index >= 15 is 0 Å². The standard InChI is InChI=1S/C15H15ClN2O/c1-11-7-8-13(9-14(11)16)18-15(19)17-10-12-5-3-2-4-6-12/h2-9H,10H2,1H3,(H2,17,18,19). The van der Waals surface area contributed by atoms with Crippen LogP contribution in [0.1, 0.15) is 11.1 Å². The highest BCUT2D eigenvalue weighted by Gasteiger charge is 2.03. The van der Waals surface area contributed by atoms with Gasteiger partial charge in [-0.2, -0.15) is 0 Å². The van der Waals surface area contributed by atoms with E-state index in [1.165, 1.54) is 0 Å². The highest BCUT2D eigenvalue weighted by atomic mass is 35.5. The predicted molar refractivity (Wildman–Crippen MR) is 78.5 cm³/mol. The van der Waals surface area contributed by atoms with E-state index < -0.39 is 0 Å². The number of aryl methyl sites for hydroxylation is 1. The normalized spacial score (nSPS) is 10.0. The fraction of sp³-hybridized carbons (Fsp3) is 0.133. The van der Waals surface area contributed by atoms with Crippen molar-refractivity contribution in [1.82, 2.24) is 5.32 Å². The van der Waals surface area contributed by atoms with Crippen LogP contribution >= 0.6 is 11.6 Å². The SMILES string of the molecule is Cc1ccc(NC(=O)NCc2ccccc2)cc1Cl. The molecule has 19 heavy (non-hydrogen) atoms. The summed E-state index contributed by atoms with van der Waals surface area (Å²) < 4.78 is 0. The number of amides is 2. The van der Waals surface area contributed by atoms with Crippen LogP contribution in [0.2, 0.25) is 5.02 Å². The first-order valence-electron chi connectivity index (χ1n) is 6.00. The molecule has 0 aliphatic heterocycles. The number of anilines is 1. The third kappa shape index (κ3) is 4.00. The zero-order valence-electron chi connectivity index (χ0n) is 10.6. The number of rotatable bonds is 3. The van der Waals surface area contributed by atoms with Crippen LogP contribution in [0.15, 0.2) is 48.5 Å². The molecule has 4 heteroatoms. The molecule has 0 heterocycles. The molecule has 0 bridgehead atoms. The van der Waals surface area contributed by atoms with E-state index in [9.17, 15) is 4.79 Å². The highest BCUT2D eigenvalue weighted by Crippen LogP contribution is 2.19. The van der Waals surface area contributed by atoms with Gasteiger partial charge in [0, 0.05) is 17.3 Å². The third-order valence-corrected chi connectivity index (χ3v) is 3.13. The fourth-order valence-corrected chi connectivity index (χ4v) is 1.80. The van der Waals surface area contributed by atoms with Crippen molar-refractivity contribution in [2.45, 2.75) is 13.5 Å². The molecular weight excluding hydrogens is 260 g/mol. The molecule has 2 aromatic carbocycles. The number of hydrogen-bond acceptors (Lipinski definition) is 1. The first-order valence-corrected chi connectivity index (χ1v) is 6.38. The molecule has 0 atom stereocenters. The van der Waals surface area contributed by atoms with Crippen LogP contribution in [-0.4, -0.2) is 6.03 Å². The van der Waals surface area contributed by atoms with E-state index in [1.54, 1.807) is 6.07 Å². The van der Waals surface area contributed by atoms with Gasteiger partial charge in [0.1, 0.15) is 0 Å². The van der Waals surface area contributed by atoms with E-state index in [4.69, 9.17) is 11.6 Å². The maximum absolute atomic E-state index is 11.7. The zero-order chi connectivity index (χ0) is 13.7. The molecule has 0 spiro atoms. The zero-order valence-corrected chi connectivity index (χ0v) is 11.4. The number of nitrogens with one attached hydrogen (secondary N) is 2. The minimum atomic E-state index is -0.247. The highest BCUT2D eigenvalue weighted by molar-refractivity contribution is 6.31. The molecule has 2 aromatic rings. The molecule has 0 saturated carbocycles. The van der Waals surface area contributed by atoms with Gasteiger partial charge in [-0.05, 0) is 30.2 Å². The molecule has 2 rings (SSSR count). The van der Waals surface area contributed by atoms with Crippen molar-refractivity contribution in [1.29, 1.82) is 0 Å². The Morgan fingerprint density at radius 2 is 1.89 bits per heavy atom. The summed E-state index contributed by atoms with van der Waals surface area (Å²) in [6.07, 6.45) is 0. The molecule has 98 valence electrons. The monoisotopic (exact) mass is 274 g/mol. The van der Waals surface area contributed by atoms with Crippen LogP contribution < -0.4 is 10.6 Å². The van der Waals surface area contributed by atoms with Gasteiger partial charge in [0.05, 0.1) is 0 Å². The summed E-state index contributed by atoms with van der Waals surface area (Å²) >= 11 is 6.00. The topological polar surface area (TPSA) is 41.1 Å². The number of halogens is 1. The second kappa shape index (κ2) is 6.25. The van der Waals surface area contributed by atoms with Crippen molar-refractivity contribution in [2.24, 2.45) is 0 Å². The van der Waals surface area contributed by atoms with Gasteiger partial charge >= 0.3 is 6.03 Å². The molecule has 2 N–H and O–H groups in total. The van der Waals surface area contributed by atoms with Crippen LogP contribution in [0.3, 0.4) is 0 Å². The lowest BCUT2D eigenvalue weighted by Crippen LogP contribution is -2.28. The molecule has 2 amide bonds. The Morgan fingerprint density at radius 1 is 1.16 bits per heavy atom. The van der Waals surface area contributed by atoms with Crippen LogP contribution in [0.5, 0.6) is 0 Å². The van der Waals surface area contributed by atoms with Crippen molar-refractivity contribution in [2.75, 3.05) is 5.32 Å². The van der Waals surface area contributed by atoms with E-state index in [0.717, 1.165) is 11.1 Å². The van der Waals surface area contributed by atoms with Crippen LogP contribution in [0.25, 0.3) is 0 Å². The number of carbonyl (C=O) groups excluding carboxylic acids is 1. The quantitative estimate of drug-likeness (QED) is 0.874. The lowest BCUT2D eigenvalue weighted by Gasteiger charge is -2.08. The minimum absolute atomic E-state index is 0.247. The van der Waals surface area contributed by atoms with Gasteiger partial charge in [-0.1, -0.05) is 48.0 Å². The Morgan fingerprint density at radius 3 is 2.58 bits per heavy atom. The Hall–Kier alpha value is -2.00. The number of benzene rings is 2. The Bertz CT molecular complexity index is 570. The largest absolute Gasteiger partial charge is 0.334 e. The van der Waals surface area contributed by atoms with Gasteiger partial charge < -0.3 is 10.6 Å². The van der Waals surface area contributed by atoms with Crippen molar-refractivity contribution >= 4 is 23.3 Å². The summed E-state index contributed by atoms with van der Waals surface area (Å²) in [6.45, 7) is 2.41. The average molecular weight is 275 g/mol. The molecular formula is C15H15ClN2O. The summed E-state index contributed by atoms with van der Waals surface area (Å²) in [5.74, 6) is 0. The molecule has 0 aromatic heterocycles. The van der Waals surface area contributed by atoms with E-state index in [2.05, 4.69) is 10.6 Å². The summed E-state index contributed by atoms with van der Waals surface area (Å²) in [5, 5.41) is 6.17. The summed E-state index contributed by atoms with van der Waals surface area (Å²) in [6, 6.07) is 14.9. The molecule has 0 radical (unpaired) electrons. The summed E-state index contributed by atoms with van der Waals surface area (Å²) in [7, 11) is 0. The maximum Gasteiger partial charge on any atom is 0.319 e. The fourth-order valence-electron chi connectivity index (χ4n) is 1.62. The third-order valence-electron chi connectivity index (χ3n) is 2.73. The Balaban J connectivity index is 1.89. The van der Waals surface area contributed by atoms with E-state index in [-0.39, 0.29) is 6.03 Å². The van der Waals surface area contributed by atoms with Crippen LogP contribution in [0, 0.1) is 6.92 Å². The second-order valence-electron chi connectivity index (χ2n) is 4.26. The van der Waals surface area contributed by atoms with Gasteiger partial charge in [0.15, 0.2) is 0 Å². The van der Waals surface area contributed by atoms with Gasteiger partial charge in [-0.25, -0.2) is 4.79 Å². The first-order chi connectivity index (χ1) is 9.15. The Kier molecular flexibility index (Phi) is 4.42. The van der Waals surface area contributed by atoms with Gasteiger partial charge in [-0.3, -0.25) is 0 Å². The first kappa shape index (κ1) is 13.4. The van der Waals surface area contributed by atoms with Crippen molar-refractivity contribution in [3.63, 3.8) is 0 Å². The number of carbonyl (C=O) groups is 1. The molecule has 0 fully saturated rings. The number of urea groups is 1. The predicted octanol–water partition coefficient (Wildman–Crippen LogP) is 3.97. The van der Waals surface area contributed by atoms with Gasteiger partial charge in [-0.15, -0.1) is 0 Å². The second-order valence-corrected chi connectivity index (χ2v) is 4.66. The minimum Gasteiger partial charge on any atom is -0.334 e. The molecule has 0 unspecified atom stereocenters.